The van der Waals surface area contributed by atoms with Crippen molar-refractivity contribution in [2.75, 3.05) is 19.4 Å². The van der Waals surface area contributed by atoms with Crippen LogP contribution in [0.5, 0.6) is 0 Å². The van der Waals surface area contributed by atoms with Gasteiger partial charge in [-0.1, -0.05) is 13.8 Å². The van der Waals surface area contributed by atoms with Crippen molar-refractivity contribution in [2.45, 2.75) is 33.2 Å². The summed E-state index contributed by atoms with van der Waals surface area (Å²) in [6, 6.07) is -0.260. The van der Waals surface area contributed by atoms with Crippen molar-refractivity contribution in [3.63, 3.8) is 0 Å². The van der Waals surface area contributed by atoms with E-state index in [-0.39, 0.29) is 12.6 Å². The fourth-order valence-corrected chi connectivity index (χ4v) is 1.86. The van der Waals surface area contributed by atoms with Gasteiger partial charge in [0.1, 0.15) is 0 Å². The van der Waals surface area contributed by atoms with Gasteiger partial charge in [0.25, 0.3) is 0 Å². The van der Waals surface area contributed by atoms with Crippen molar-refractivity contribution in [1.29, 1.82) is 0 Å². The maximum Gasteiger partial charge on any atom is 0.407 e. The van der Waals surface area contributed by atoms with Gasteiger partial charge in [-0.05, 0) is 19.3 Å². The molecule has 6 nitrogen and oxygen atoms in total. The van der Waals surface area contributed by atoms with Crippen LogP contribution in [0, 0.1) is 5.92 Å². The minimum Gasteiger partial charge on any atom is -0.450 e. The van der Waals surface area contributed by atoms with Crippen molar-refractivity contribution in [1.82, 2.24) is 10.0 Å². The van der Waals surface area contributed by atoms with E-state index in [1.807, 2.05) is 13.8 Å². The number of amides is 1. The molecular formula is C10H22N2O4S. The minimum atomic E-state index is -3.25. The van der Waals surface area contributed by atoms with Crippen LogP contribution in [0.25, 0.3) is 0 Å². The first kappa shape index (κ1) is 16.2. The lowest BCUT2D eigenvalue weighted by Gasteiger charge is -2.20. The first-order valence-electron chi connectivity index (χ1n) is 5.62. The molecule has 102 valence electrons. The van der Waals surface area contributed by atoms with E-state index in [9.17, 15) is 13.2 Å². The normalized spacial score (nSPS) is 13.5. The molecule has 0 aliphatic rings. The van der Waals surface area contributed by atoms with Crippen LogP contribution in [0.3, 0.4) is 0 Å². The molecule has 0 saturated carbocycles. The predicted octanol–water partition coefficient (Wildman–Crippen LogP) is 0.696. The van der Waals surface area contributed by atoms with Crippen molar-refractivity contribution < 1.29 is 17.9 Å². The monoisotopic (exact) mass is 266 g/mol. The average molecular weight is 266 g/mol. The van der Waals surface area contributed by atoms with Gasteiger partial charge in [0.2, 0.25) is 10.0 Å². The summed E-state index contributed by atoms with van der Waals surface area (Å²) in [7, 11) is -3.25. The lowest BCUT2D eigenvalue weighted by molar-refractivity contribution is 0.146. The van der Waals surface area contributed by atoms with E-state index < -0.39 is 16.1 Å². The topological polar surface area (TPSA) is 84.5 Å². The standard InChI is InChI=1S/C10H22N2O4S/c1-5-16-10(13)12-9(6-8(2)3)7-11-17(4,14)15/h8-9,11H,5-7H2,1-4H3,(H,12,13)/t9-/m0/s1. The smallest absolute Gasteiger partial charge is 0.407 e. The van der Waals surface area contributed by atoms with Crippen LogP contribution in [0.4, 0.5) is 4.79 Å². The van der Waals surface area contributed by atoms with Crippen LogP contribution >= 0.6 is 0 Å². The number of rotatable bonds is 7. The molecule has 1 atom stereocenters. The number of hydrogen-bond donors (Lipinski definition) is 2. The number of nitrogens with one attached hydrogen (secondary N) is 2. The van der Waals surface area contributed by atoms with Gasteiger partial charge in [-0.25, -0.2) is 17.9 Å². The average Bonchev–Trinajstić information content (AvgIpc) is 2.12. The Morgan fingerprint density at radius 2 is 1.94 bits per heavy atom. The van der Waals surface area contributed by atoms with Crippen LogP contribution in [0.2, 0.25) is 0 Å². The molecule has 0 aromatic heterocycles. The molecule has 0 bridgehead atoms. The molecule has 0 saturated heterocycles. The lowest BCUT2D eigenvalue weighted by atomic mass is 10.0. The van der Waals surface area contributed by atoms with E-state index in [2.05, 4.69) is 10.0 Å². The van der Waals surface area contributed by atoms with E-state index in [4.69, 9.17) is 4.74 Å². The molecule has 1 amide bonds. The number of alkyl carbamates (subject to hydrolysis) is 1. The Morgan fingerprint density at radius 3 is 2.35 bits per heavy atom. The quantitative estimate of drug-likeness (QED) is 0.710. The molecule has 0 aliphatic carbocycles. The first-order chi connectivity index (χ1) is 7.74. The van der Waals surface area contributed by atoms with Crippen molar-refractivity contribution in [3.05, 3.63) is 0 Å². The molecule has 7 heteroatoms. The van der Waals surface area contributed by atoms with Crippen LogP contribution in [0.15, 0.2) is 0 Å². The highest BCUT2D eigenvalue weighted by Crippen LogP contribution is 2.04. The zero-order valence-corrected chi connectivity index (χ0v) is 11.6. The largest absolute Gasteiger partial charge is 0.450 e. The third-order valence-electron chi connectivity index (χ3n) is 1.95. The summed E-state index contributed by atoms with van der Waals surface area (Å²) in [5.74, 6) is 0.350. The van der Waals surface area contributed by atoms with Gasteiger partial charge in [0.15, 0.2) is 0 Å². The Balaban J connectivity index is 4.28. The highest BCUT2D eigenvalue weighted by Gasteiger charge is 2.16. The van der Waals surface area contributed by atoms with E-state index >= 15 is 0 Å². The summed E-state index contributed by atoms with van der Waals surface area (Å²) in [4.78, 5) is 11.2. The van der Waals surface area contributed by atoms with Gasteiger partial charge in [0, 0.05) is 12.6 Å². The summed E-state index contributed by atoms with van der Waals surface area (Å²) < 4.78 is 29.1. The maximum atomic E-state index is 11.2. The van der Waals surface area contributed by atoms with Gasteiger partial charge >= 0.3 is 6.09 Å². The van der Waals surface area contributed by atoms with Crippen LogP contribution in [-0.4, -0.2) is 40.0 Å². The van der Waals surface area contributed by atoms with Gasteiger partial charge in [-0.2, -0.15) is 0 Å². The summed E-state index contributed by atoms with van der Waals surface area (Å²) in [5.41, 5.74) is 0. The molecule has 0 aromatic carbocycles. The lowest BCUT2D eigenvalue weighted by Crippen LogP contribution is -2.44. The molecule has 2 N–H and O–H groups in total. The summed E-state index contributed by atoms with van der Waals surface area (Å²) >= 11 is 0. The Morgan fingerprint density at radius 1 is 1.35 bits per heavy atom. The molecule has 0 aromatic rings. The van der Waals surface area contributed by atoms with E-state index in [1.165, 1.54) is 0 Å². The third-order valence-corrected chi connectivity index (χ3v) is 2.64. The predicted molar refractivity (Wildman–Crippen MR) is 66.2 cm³/mol. The second-order valence-corrected chi connectivity index (χ2v) is 6.14. The van der Waals surface area contributed by atoms with E-state index in [0.717, 1.165) is 6.26 Å². The van der Waals surface area contributed by atoms with E-state index in [0.29, 0.717) is 18.9 Å². The van der Waals surface area contributed by atoms with Crippen LogP contribution in [0.1, 0.15) is 27.2 Å². The van der Waals surface area contributed by atoms with Crippen molar-refractivity contribution in [2.24, 2.45) is 5.92 Å². The van der Waals surface area contributed by atoms with Crippen molar-refractivity contribution >= 4 is 16.1 Å². The van der Waals surface area contributed by atoms with Gasteiger partial charge < -0.3 is 10.1 Å². The zero-order chi connectivity index (χ0) is 13.5. The summed E-state index contributed by atoms with van der Waals surface area (Å²) in [5, 5.41) is 2.63. The number of carbonyl (C=O) groups excluding carboxylic acids is 1. The van der Waals surface area contributed by atoms with Gasteiger partial charge in [0.05, 0.1) is 12.9 Å². The SMILES string of the molecule is CCOC(=O)N[C@H](CNS(C)(=O)=O)CC(C)C. The molecular weight excluding hydrogens is 244 g/mol. The Bertz CT molecular complexity index is 327. The summed E-state index contributed by atoms with van der Waals surface area (Å²) in [6.45, 7) is 6.18. The summed E-state index contributed by atoms with van der Waals surface area (Å²) in [6.07, 6.45) is 1.25. The molecule has 17 heavy (non-hydrogen) atoms. The first-order valence-corrected chi connectivity index (χ1v) is 7.51. The fraction of sp³-hybridized carbons (Fsp3) is 0.900. The Hall–Kier alpha value is -0.820. The molecule has 0 spiro atoms. The van der Waals surface area contributed by atoms with Gasteiger partial charge in [-0.3, -0.25) is 0 Å². The molecule has 0 radical (unpaired) electrons. The Labute approximate surface area is 103 Å². The highest BCUT2D eigenvalue weighted by molar-refractivity contribution is 7.88. The van der Waals surface area contributed by atoms with E-state index in [1.54, 1.807) is 6.92 Å². The van der Waals surface area contributed by atoms with Crippen molar-refractivity contribution in [3.8, 4) is 0 Å². The highest BCUT2D eigenvalue weighted by atomic mass is 32.2. The molecule has 0 rings (SSSR count). The number of sulfonamides is 1. The molecule has 0 fully saturated rings. The third kappa shape index (κ3) is 10.1. The second kappa shape index (κ2) is 7.50. The molecule has 0 unspecified atom stereocenters. The Kier molecular flexibility index (Phi) is 7.13. The second-order valence-electron chi connectivity index (χ2n) is 4.31. The van der Waals surface area contributed by atoms with Crippen LogP contribution in [-0.2, 0) is 14.8 Å². The fourth-order valence-electron chi connectivity index (χ4n) is 1.35. The zero-order valence-electron chi connectivity index (χ0n) is 10.8. The number of carbonyl (C=O) groups is 1. The van der Waals surface area contributed by atoms with Crippen LogP contribution < -0.4 is 10.0 Å². The molecule has 0 aliphatic heterocycles. The number of hydrogen-bond acceptors (Lipinski definition) is 4. The number of ether oxygens (including phenoxy) is 1. The molecule has 0 heterocycles. The maximum absolute atomic E-state index is 11.2. The minimum absolute atomic E-state index is 0.176. The van der Waals surface area contributed by atoms with Gasteiger partial charge in [-0.15, -0.1) is 0 Å².